The van der Waals surface area contributed by atoms with Gasteiger partial charge in [-0.1, -0.05) is 33.2 Å². The van der Waals surface area contributed by atoms with Crippen LogP contribution in [0.4, 0.5) is 10.2 Å². The Labute approximate surface area is 171 Å². The number of nitrogens with zero attached hydrogens (tertiary/aromatic N) is 2. The number of carbonyl (C=O) groups is 1. The highest BCUT2D eigenvalue weighted by molar-refractivity contribution is 9.10. The summed E-state index contributed by atoms with van der Waals surface area (Å²) >= 11 is 3.36. The first-order valence-corrected chi connectivity index (χ1v) is 9.52. The van der Waals surface area contributed by atoms with Gasteiger partial charge in [0.1, 0.15) is 17.2 Å². The smallest absolute Gasteiger partial charge is 0.296 e. The Morgan fingerprint density at radius 1 is 1.10 bits per heavy atom. The van der Waals surface area contributed by atoms with Crippen molar-refractivity contribution in [2.75, 3.05) is 4.90 Å². The average molecular weight is 455 g/mol. The van der Waals surface area contributed by atoms with E-state index in [0.717, 1.165) is 0 Å². The van der Waals surface area contributed by atoms with Crippen LogP contribution in [0.15, 0.2) is 66.7 Å². The lowest BCUT2D eigenvalue weighted by atomic mass is 9.98. The molecule has 0 aliphatic carbocycles. The number of benzene rings is 2. The summed E-state index contributed by atoms with van der Waals surface area (Å²) in [5.41, 5.74) is 0.725. The number of aromatic nitrogens is 1. The molecule has 0 N–H and O–H groups in total. The lowest BCUT2D eigenvalue weighted by Gasteiger charge is -2.22. The maximum absolute atomic E-state index is 13.5. The number of anilines is 1. The molecule has 2 aromatic heterocycles. The fourth-order valence-corrected chi connectivity index (χ4v) is 3.97. The second-order valence-electron chi connectivity index (χ2n) is 6.74. The molecule has 3 heterocycles. The molecule has 0 unspecified atom stereocenters. The summed E-state index contributed by atoms with van der Waals surface area (Å²) in [6, 6.07) is 11.4. The molecule has 1 amide bonds. The van der Waals surface area contributed by atoms with E-state index in [9.17, 15) is 14.0 Å². The number of hydrogen-bond acceptors (Lipinski definition) is 5. The Bertz CT molecular complexity index is 1340. The van der Waals surface area contributed by atoms with Crippen LogP contribution >= 0.6 is 15.9 Å². The number of amides is 1. The van der Waals surface area contributed by atoms with E-state index in [-0.39, 0.29) is 22.6 Å². The van der Waals surface area contributed by atoms with Crippen molar-refractivity contribution in [3.63, 3.8) is 0 Å². The molecule has 2 aromatic carbocycles. The predicted molar refractivity (Wildman–Crippen MR) is 106 cm³/mol. The van der Waals surface area contributed by atoms with Crippen molar-refractivity contribution in [3.8, 4) is 0 Å². The zero-order valence-electron chi connectivity index (χ0n) is 15.0. The second-order valence-corrected chi connectivity index (χ2v) is 7.66. The van der Waals surface area contributed by atoms with Crippen LogP contribution in [-0.2, 0) is 0 Å². The van der Waals surface area contributed by atoms with Gasteiger partial charge in [0.05, 0.1) is 17.0 Å². The first-order chi connectivity index (χ1) is 13.9. The zero-order chi connectivity index (χ0) is 20.3. The van der Waals surface area contributed by atoms with Crippen LogP contribution in [0.2, 0.25) is 0 Å². The van der Waals surface area contributed by atoms with E-state index in [1.165, 1.54) is 29.2 Å². The molecule has 0 fully saturated rings. The molecule has 1 aliphatic rings. The second kappa shape index (κ2) is 6.38. The van der Waals surface area contributed by atoms with Gasteiger partial charge in [0.25, 0.3) is 5.91 Å². The SMILES string of the molecule is Cc1cc(N2C(=O)c3oc4ccc(Br)cc4c(=O)c3[C@H]2c2ccc(F)cc2)no1. The van der Waals surface area contributed by atoms with Crippen LogP contribution in [0.3, 0.4) is 0 Å². The molecule has 0 radical (unpaired) electrons. The van der Waals surface area contributed by atoms with Gasteiger partial charge in [0.15, 0.2) is 11.2 Å². The summed E-state index contributed by atoms with van der Waals surface area (Å²) in [5, 5.41) is 4.29. The molecule has 8 heteroatoms. The number of halogens is 2. The lowest BCUT2D eigenvalue weighted by molar-refractivity contribution is 0.0969. The molecule has 5 rings (SSSR count). The van der Waals surface area contributed by atoms with Crippen LogP contribution in [0, 0.1) is 12.7 Å². The van der Waals surface area contributed by atoms with Crippen LogP contribution in [0.5, 0.6) is 0 Å². The third-order valence-electron chi connectivity index (χ3n) is 4.88. The fraction of sp³-hybridized carbons (Fsp3) is 0.0952. The quantitative estimate of drug-likeness (QED) is 0.437. The summed E-state index contributed by atoms with van der Waals surface area (Å²) in [4.78, 5) is 28.0. The largest absolute Gasteiger partial charge is 0.450 e. The molecule has 6 nitrogen and oxygen atoms in total. The molecule has 4 aromatic rings. The first-order valence-electron chi connectivity index (χ1n) is 8.72. The van der Waals surface area contributed by atoms with Crippen molar-refractivity contribution >= 4 is 38.6 Å². The minimum Gasteiger partial charge on any atom is -0.450 e. The minimum atomic E-state index is -0.817. The van der Waals surface area contributed by atoms with Gasteiger partial charge in [-0.05, 0) is 42.8 Å². The summed E-state index contributed by atoms with van der Waals surface area (Å²) < 4.78 is 25.2. The van der Waals surface area contributed by atoms with Crippen LogP contribution < -0.4 is 10.3 Å². The van der Waals surface area contributed by atoms with Crippen LogP contribution in [-0.4, -0.2) is 11.1 Å². The molecule has 0 bridgehead atoms. The van der Waals surface area contributed by atoms with E-state index in [1.807, 2.05) is 0 Å². The highest BCUT2D eigenvalue weighted by Gasteiger charge is 2.44. The first kappa shape index (κ1) is 17.8. The van der Waals surface area contributed by atoms with E-state index in [1.54, 1.807) is 31.2 Å². The summed E-state index contributed by atoms with van der Waals surface area (Å²) in [7, 11) is 0. The summed E-state index contributed by atoms with van der Waals surface area (Å²) in [5.74, 6) is -0.228. The molecule has 29 heavy (non-hydrogen) atoms. The van der Waals surface area contributed by atoms with Crippen molar-refractivity contribution in [1.82, 2.24) is 5.16 Å². The highest BCUT2D eigenvalue weighted by Crippen LogP contribution is 2.41. The third kappa shape index (κ3) is 2.71. The lowest BCUT2D eigenvalue weighted by Crippen LogP contribution is -2.29. The predicted octanol–water partition coefficient (Wildman–Crippen LogP) is 4.74. The number of aryl methyl sites for hydroxylation is 1. The number of hydrogen-bond donors (Lipinski definition) is 0. The molecule has 0 saturated heterocycles. The van der Waals surface area contributed by atoms with Gasteiger partial charge < -0.3 is 8.94 Å². The van der Waals surface area contributed by atoms with E-state index in [0.29, 0.717) is 26.8 Å². The Kier molecular flexibility index (Phi) is 3.92. The van der Waals surface area contributed by atoms with E-state index in [4.69, 9.17) is 8.94 Å². The van der Waals surface area contributed by atoms with Gasteiger partial charge in [-0.2, -0.15) is 0 Å². The number of carbonyl (C=O) groups excluding carboxylic acids is 1. The molecule has 0 spiro atoms. The molecule has 144 valence electrons. The molecule has 1 atom stereocenters. The van der Waals surface area contributed by atoms with Gasteiger partial charge in [-0.3, -0.25) is 14.5 Å². The average Bonchev–Trinajstić information content (AvgIpc) is 3.25. The highest BCUT2D eigenvalue weighted by atomic mass is 79.9. The zero-order valence-corrected chi connectivity index (χ0v) is 16.6. The number of rotatable bonds is 2. The Hall–Kier alpha value is -3.26. The molecular weight excluding hydrogens is 443 g/mol. The fourth-order valence-electron chi connectivity index (χ4n) is 3.61. The van der Waals surface area contributed by atoms with E-state index >= 15 is 0 Å². The van der Waals surface area contributed by atoms with Gasteiger partial charge in [0.2, 0.25) is 5.76 Å². The van der Waals surface area contributed by atoms with Crippen LogP contribution in [0.25, 0.3) is 11.0 Å². The van der Waals surface area contributed by atoms with Gasteiger partial charge in [-0.15, -0.1) is 0 Å². The molecule has 0 saturated carbocycles. The van der Waals surface area contributed by atoms with E-state index in [2.05, 4.69) is 21.1 Å². The Morgan fingerprint density at radius 2 is 1.86 bits per heavy atom. The van der Waals surface area contributed by atoms with E-state index < -0.39 is 17.8 Å². The van der Waals surface area contributed by atoms with Crippen molar-refractivity contribution in [1.29, 1.82) is 0 Å². The summed E-state index contributed by atoms with van der Waals surface area (Å²) in [6.45, 7) is 1.70. The van der Waals surface area contributed by atoms with Crippen molar-refractivity contribution in [2.45, 2.75) is 13.0 Å². The van der Waals surface area contributed by atoms with Crippen molar-refractivity contribution in [3.05, 3.63) is 91.7 Å². The topological polar surface area (TPSA) is 76.6 Å². The number of fused-ring (bicyclic) bond motifs is 2. The molecule has 1 aliphatic heterocycles. The third-order valence-corrected chi connectivity index (χ3v) is 5.37. The standard InChI is InChI=1S/C21H12BrFN2O4/c1-10-8-16(24-29-10)25-18(11-2-5-13(23)6-3-11)17-19(26)14-9-12(22)4-7-15(14)28-20(17)21(25)27/h2-9,18H,1H3/t18-/m1/s1. The maximum Gasteiger partial charge on any atom is 0.296 e. The maximum atomic E-state index is 13.5. The van der Waals surface area contributed by atoms with Gasteiger partial charge in [0, 0.05) is 10.5 Å². The van der Waals surface area contributed by atoms with Crippen LogP contribution in [0.1, 0.15) is 33.5 Å². The van der Waals surface area contributed by atoms with Gasteiger partial charge >= 0.3 is 0 Å². The normalized spacial score (nSPS) is 15.9. The Balaban J connectivity index is 1.83. The monoisotopic (exact) mass is 454 g/mol. The Morgan fingerprint density at radius 3 is 2.55 bits per heavy atom. The van der Waals surface area contributed by atoms with Gasteiger partial charge in [-0.25, -0.2) is 4.39 Å². The summed E-state index contributed by atoms with van der Waals surface area (Å²) in [6.07, 6.45) is 0. The molecular formula is C21H12BrFN2O4. The van der Waals surface area contributed by atoms with Crippen molar-refractivity contribution < 1.29 is 18.1 Å². The minimum absolute atomic E-state index is 0.0557. The van der Waals surface area contributed by atoms with Crippen molar-refractivity contribution in [2.24, 2.45) is 0 Å².